The Morgan fingerprint density at radius 3 is 2.90 bits per heavy atom. The number of nitrogens with zero attached hydrogens (tertiary/aromatic N) is 2. The Labute approximate surface area is 126 Å². The molecule has 1 aromatic rings. The van der Waals surface area contributed by atoms with Crippen LogP contribution in [0.2, 0.25) is 0 Å². The first-order valence-corrected chi connectivity index (χ1v) is 7.18. The molecule has 0 unspecified atom stereocenters. The number of carbonyl (C=O) groups is 1. The molecule has 2 N–H and O–H groups in total. The van der Waals surface area contributed by atoms with Gasteiger partial charge in [0, 0.05) is 45.0 Å². The lowest BCUT2D eigenvalue weighted by Gasteiger charge is -2.21. The highest BCUT2D eigenvalue weighted by Crippen LogP contribution is 2.15. The van der Waals surface area contributed by atoms with Crippen LogP contribution in [0, 0.1) is 0 Å². The Balaban J connectivity index is 2.61. The van der Waals surface area contributed by atoms with E-state index in [0.29, 0.717) is 19.7 Å². The Morgan fingerprint density at radius 2 is 2.24 bits per heavy atom. The smallest absolute Gasteiger partial charge is 0.239 e. The molecule has 0 saturated carbocycles. The lowest BCUT2D eigenvalue weighted by atomic mass is 10.2. The molecule has 1 amide bonds. The van der Waals surface area contributed by atoms with E-state index in [4.69, 9.17) is 4.74 Å². The molecule has 0 aliphatic rings. The zero-order valence-corrected chi connectivity index (χ0v) is 13.3. The first-order valence-electron chi connectivity index (χ1n) is 7.18. The van der Waals surface area contributed by atoms with Crippen LogP contribution in [-0.4, -0.2) is 50.8 Å². The average Bonchev–Trinajstić information content (AvgIpc) is 2.43. The standard InChI is InChI=1S/C15H26N4O2/c1-12(2)18-14(20)11-19(3)15-13(6-5-7-17-15)10-16-8-9-21-4/h5-7,12,16H,8-11H2,1-4H3,(H,18,20). The van der Waals surface area contributed by atoms with Crippen molar-refractivity contribution in [2.45, 2.75) is 26.4 Å². The summed E-state index contributed by atoms with van der Waals surface area (Å²) >= 11 is 0. The lowest BCUT2D eigenvalue weighted by Crippen LogP contribution is -2.39. The first kappa shape index (κ1) is 17.4. The number of rotatable bonds is 9. The molecule has 0 atom stereocenters. The number of carbonyl (C=O) groups excluding carboxylic acids is 1. The quantitative estimate of drug-likeness (QED) is 0.659. The predicted molar refractivity (Wildman–Crippen MR) is 84.4 cm³/mol. The van der Waals surface area contributed by atoms with E-state index in [-0.39, 0.29) is 11.9 Å². The van der Waals surface area contributed by atoms with E-state index in [1.807, 2.05) is 37.9 Å². The third-order valence-electron chi connectivity index (χ3n) is 2.86. The second-order valence-corrected chi connectivity index (χ2v) is 5.23. The van der Waals surface area contributed by atoms with Gasteiger partial charge in [-0.2, -0.15) is 0 Å². The number of hydrogen-bond donors (Lipinski definition) is 2. The number of amides is 1. The predicted octanol–water partition coefficient (Wildman–Crippen LogP) is 0.778. The molecular formula is C15H26N4O2. The van der Waals surface area contributed by atoms with Crippen LogP contribution in [0.1, 0.15) is 19.4 Å². The zero-order chi connectivity index (χ0) is 15.7. The third kappa shape index (κ3) is 6.55. The molecule has 0 aliphatic heterocycles. The summed E-state index contributed by atoms with van der Waals surface area (Å²) in [6.07, 6.45) is 1.74. The summed E-state index contributed by atoms with van der Waals surface area (Å²) in [5, 5.41) is 6.17. The van der Waals surface area contributed by atoms with Crippen molar-refractivity contribution < 1.29 is 9.53 Å². The van der Waals surface area contributed by atoms with Gasteiger partial charge in [0.1, 0.15) is 5.82 Å². The number of methoxy groups -OCH3 is 1. The molecule has 1 heterocycles. The molecular weight excluding hydrogens is 268 g/mol. The highest BCUT2D eigenvalue weighted by molar-refractivity contribution is 5.81. The Hall–Kier alpha value is -1.66. The van der Waals surface area contributed by atoms with Gasteiger partial charge < -0.3 is 20.3 Å². The SMILES string of the molecule is COCCNCc1cccnc1N(C)CC(=O)NC(C)C. The molecule has 0 fully saturated rings. The molecule has 0 radical (unpaired) electrons. The van der Waals surface area contributed by atoms with E-state index in [2.05, 4.69) is 15.6 Å². The molecule has 118 valence electrons. The average molecular weight is 294 g/mol. The largest absolute Gasteiger partial charge is 0.383 e. The minimum Gasteiger partial charge on any atom is -0.383 e. The number of aromatic nitrogens is 1. The molecule has 1 rings (SSSR count). The summed E-state index contributed by atoms with van der Waals surface area (Å²) in [4.78, 5) is 18.1. The molecule has 21 heavy (non-hydrogen) atoms. The molecule has 0 aliphatic carbocycles. The monoisotopic (exact) mass is 294 g/mol. The van der Waals surface area contributed by atoms with Crippen LogP contribution in [0.25, 0.3) is 0 Å². The van der Waals surface area contributed by atoms with Gasteiger partial charge >= 0.3 is 0 Å². The molecule has 0 bridgehead atoms. The number of hydrogen-bond acceptors (Lipinski definition) is 5. The van der Waals surface area contributed by atoms with Crippen molar-refractivity contribution in [1.29, 1.82) is 0 Å². The van der Waals surface area contributed by atoms with Crippen LogP contribution in [0.5, 0.6) is 0 Å². The van der Waals surface area contributed by atoms with Crippen molar-refractivity contribution in [1.82, 2.24) is 15.6 Å². The molecule has 0 aromatic carbocycles. The highest BCUT2D eigenvalue weighted by Gasteiger charge is 2.12. The minimum atomic E-state index is -0.00329. The van der Waals surface area contributed by atoms with E-state index in [9.17, 15) is 4.79 Å². The summed E-state index contributed by atoms with van der Waals surface area (Å²) in [7, 11) is 3.55. The first-order chi connectivity index (χ1) is 10.0. The van der Waals surface area contributed by atoms with E-state index < -0.39 is 0 Å². The van der Waals surface area contributed by atoms with Gasteiger partial charge in [0.2, 0.25) is 5.91 Å². The maximum atomic E-state index is 11.8. The Morgan fingerprint density at radius 1 is 1.48 bits per heavy atom. The fourth-order valence-electron chi connectivity index (χ4n) is 1.97. The van der Waals surface area contributed by atoms with Crippen LogP contribution in [-0.2, 0) is 16.1 Å². The lowest BCUT2D eigenvalue weighted by molar-refractivity contribution is -0.120. The van der Waals surface area contributed by atoms with E-state index in [0.717, 1.165) is 17.9 Å². The fraction of sp³-hybridized carbons (Fsp3) is 0.600. The normalized spacial score (nSPS) is 10.7. The Bertz CT molecular complexity index is 437. The number of likely N-dealkylation sites (N-methyl/N-ethyl adjacent to an activating group) is 1. The summed E-state index contributed by atoms with van der Waals surface area (Å²) in [6.45, 7) is 6.33. The molecule has 0 saturated heterocycles. The second-order valence-electron chi connectivity index (χ2n) is 5.23. The van der Waals surface area contributed by atoms with Gasteiger partial charge in [0.05, 0.1) is 13.2 Å². The van der Waals surface area contributed by atoms with Crippen LogP contribution < -0.4 is 15.5 Å². The third-order valence-corrected chi connectivity index (χ3v) is 2.86. The van der Waals surface area contributed by atoms with Crippen LogP contribution in [0.4, 0.5) is 5.82 Å². The minimum absolute atomic E-state index is 0.00329. The van der Waals surface area contributed by atoms with Crippen LogP contribution >= 0.6 is 0 Å². The number of pyridine rings is 1. The van der Waals surface area contributed by atoms with Gasteiger partial charge in [0.15, 0.2) is 0 Å². The van der Waals surface area contributed by atoms with Crippen LogP contribution in [0.15, 0.2) is 18.3 Å². The molecule has 6 heteroatoms. The maximum Gasteiger partial charge on any atom is 0.239 e. The second kappa shape index (κ2) is 9.31. The highest BCUT2D eigenvalue weighted by atomic mass is 16.5. The maximum absolute atomic E-state index is 11.8. The number of nitrogens with one attached hydrogen (secondary N) is 2. The van der Waals surface area contributed by atoms with Crippen molar-refractivity contribution in [3.63, 3.8) is 0 Å². The van der Waals surface area contributed by atoms with Gasteiger partial charge in [-0.05, 0) is 19.9 Å². The zero-order valence-electron chi connectivity index (χ0n) is 13.3. The molecule has 0 spiro atoms. The van der Waals surface area contributed by atoms with E-state index >= 15 is 0 Å². The summed E-state index contributed by atoms with van der Waals surface area (Å²) in [5.41, 5.74) is 1.06. The summed E-state index contributed by atoms with van der Waals surface area (Å²) in [6, 6.07) is 4.06. The van der Waals surface area contributed by atoms with Gasteiger partial charge in [0.25, 0.3) is 0 Å². The number of ether oxygens (including phenoxy) is 1. The van der Waals surface area contributed by atoms with Crippen molar-refractivity contribution in [3.8, 4) is 0 Å². The van der Waals surface area contributed by atoms with Crippen molar-refractivity contribution in [3.05, 3.63) is 23.9 Å². The van der Waals surface area contributed by atoms with E-state index in [1.54, 1.807) is 13.3 Å². The van der Waals surface area contributed by atoms with E-state index in [1.165, 1.54) is 0 Å². The topological polar surface area (TPSA) is 66.5 Å². The fourth-order valence-corrected chi connectivity index (χ4v) is 1.97. The molecule has 1 aromatic heterocycles. The van der Waals surface area contributed by atoms with Gasteiger partial charge in [-0.1, -0.05) is 6.07 Å². The van der Waals surface area contributed by atoms with Gasteiger partial charge in [-0.15, -0.1) is 0 Å². The number of anilines is 1. The van der Waals surface area contributed by atoms with Crippen molar-refractivity contribution >= 4 is 11.7 Å². The summed E-state index contributed by atoms with van der Waals surface area (Å²) in [5.74, 6) is 0.817. The van der Waals surface area contributed by atoms with Gasteiger partial charge in [-0.3, -0.25) is 4.79 Å². The van der Waals surface area contributed by atoms with Crippen molar-refractivity contribution in [2.75, 3.05) is 38.8 Å². The molecule has 6 nitrogen and oxygen atoms in total. The Kier molecular flexibility index (Phi) is 7.71. The van der Waals surface area contributed by atoms with Gasteiger partial charge in [-0.25, -0.2) is 4.98 Å². The van der Waals surface area contributed by atoms with Crippen LogP contribution in [0.3, 0.4) is 0 Å². The van der Waals surface area contributed by atoms with Crippen molar-refractivity contribution in [2.24, 2.45) is 0 Å². The summed E-state index contributed by atoms with van der Waals surface area (Å²) < 4.78 is 5.01.